The zero-order valence-electron chi connectivity index (χ0n) is 17.0. The van der Waals surface area contributed by atoms with Crippen LogP contribution in [0, 0.1) is 5.92 Å². The minimum Gasteiger partial charge on any atom is -0.497 e. The number of carbonyl (C=O) groups is 1. The number of hydrogen-bond donors (Lipinski definition) is 2. The Morgan fingerprint density at radius 1 is 1.10 bits per heavy atom. The lowest BCUT2D eigenvalue weighted by Gasteiger charge is -2.34. The first-order valence-electron chi connectivity index (χ1n) is 10.5. The van der Waals surface area contributed by atoms with Gasteiger partial charge in [-0.25, -0.2) is 0 Å². The Labute approximate surface area is 176 Å². The molecular weight excluding hydrogens is 374 g/mol. The molecule has 1 heterocycles. The monoisotopic (exact) mass is 399 g/mol. The number of anilines is 1. The Morgan fingerprint density at radius 3 is 2.50 bits per heavy atom. The first-order valence-corrected chi connectivity index (χ1v) is 10.5. The van der Waals surface area contributed by atoms with E-state index in [0.717, 1.165) is 42.7 Å². The maximum Gasteiger partial charge on any atom is 0.228 e. The number of nitrogens with one attached hydrogen (secondary N) is 2. The maximum atomic E-state index is 12.4. The van der Waals surface area contributed by atoms with E-state index in [-0.39, 0.29) is 17.2 Å². The molecule has 5 heteroatoms. The number of ether oxygens (including phenoxy) is 1. The number of fused-ring (bicyclic) bond motifs is 1. The van der Waals surface area contributed by atoms with Gasteiger partial charge in [0.2, 0.25) is 5.91 Å². The zero-order valence-corrected chi connectivity index (χ0v) is 17.0. The van der Waals surface area contributed by atoms with Crippen LogP contribution in [0.4, 0.5) is 5.82 Å². The molecule has 2 aromatic carbocycles. The van der Waals surface area contributed by atoms with Gasteiger partial charge in [0.05, 0.1) is 7.11 Å². The van der Waals surface area contributed by atoms with Crippen molar-refractivity contribution in [3.63, 3.8) is 0 Å². The molecule has 0 aliphatic heterocycles. The summed E-state index contributed by atoms with van der Waals surface area (Å²) >= 11 is 0. The van der Waals surface area contributed by atoms with Crippen molar-refractivity contribution in [3.8, 4) is 5.75 Å². The van der Waals surface area contributed by atoms with Gasteiger partial charge >= 0.3 is 0 Å². The van der Waals surface area contributed by atoms with Crippen molar-refractivity contribution in [2.75, 3.05) is 12.4 Å². The van der Waals surface area contributed by atoms with Gasteiger partial charge in [-0.2, -0.15) is 5.10 Å². The van der Waals surface area contributed by atoms with E-state index >= 15 is 0 Å². The van der Waals surface area contributed by atoms with Crippen molar-refractivity contribution in [2.24, 2.45) is 5.92 Å². The first kappa shape index (κ1) is 18.7. The molecule has 0 radical (unpaired) electrons. The molecule has 5 rings (SSSR count). The van der Waals surface area contributed by atoms with Gasteiger partial charge in [-0.1, -0.05) is 61.0 Å². The van der Waals surface area contributed by atoms with E-state index < -0.39 is 0 Å². The number of methoxy groups -OCH3 is 1. The van der Waals surface area contributed by atoms with Gasteiger partial charge in [0.15, 0.2) is 5.82 Å². The molecule has 1 saturated carbocycles. The fraction of sp³-hybridized carbons (Fsp3) is 0.280. The van der Waals surface area contributed by atoms with Gasteiger partial charge < -0.3 is 10.1 Å². The normalized spacial score (nSPS) is 20.3. The lowest BCUT2D eigenvalue weighted by Crippen LogP contribution is -2.31. The Hall–Kier alpha value is -3.34. The third kappa shape index (κ3) is 3.11. The molecule has 152 valence electrons. The molecule has 0 spiro atoms. The molecule has 1 atom stereocenters. The number of amides is 1. The van der Waals surface area contributed by atoms with Gasteiger partial charge in [0.1, 0.15) is 5.75 Å². The number of nitrogens with zero attached hydrogens (tertiary/aromatic N) is 1. The highest BCUT2D eigenvalue weighted by atomic mass is 16.5. The number of carbonyl (C=O) groups excluding carboxylic acids is 1. The lowest BCUT2D eigenvalue weighted by atomic mass is 9.68. The van der Waals surface area contributed by atoms with Crippen LogP contribution in [0.15, 0.2) is 60.7 Å². The van der Waals surface area contributed by atoms with Crippen LogP contribution in [-0.2, 0) is 16.6 Å². The van der Waals surface area contributed by atoms with Gasteiger partial charge in [-0.3, -0.25) is 9.89 Å². The van der Waals surface area contributed by atoms with E-state index in [1.807, 2.05) is 18.2 Å². The SMILES string of the molecule is COc1ccc(C2(c3ccccc3)C=Cc3c(NC(=O)C4CCC4)n[nH]c3C2)cc1. The third-order valence-corrected chi connectivity index (χ3v) is 6.48. The highest BCUT2D eigenvalue weighted by molar-refractivity contribution is 5.94. The molecule has 0 saturated heterocycles. The number of H-pyrrole nitrogens is 1. The fourth-order valence-corrected chi connectivity index (χ4v) is 4.44. The molecule has 30 heavy (non-hydrogen) atoms. The quantitative estimate of drug-likeness (QED) is 0.653. The van der Waals surface area contributed by atoms with Gasteiger partial charge in [-0.05, 0) is 36.1 Å². The minimum absolute atomic E-state index is 0.0824. The molecule has 0 bridgehead atoms. The molecule has 2 aliphatic carbocycles. The zero-order chi connectivity index (χ0) is 20.6. The molecule has 5 nitrogen and oxygen atoms in total. The molecule has 3 aromatic rings. The summed E-state index contributed by atoms with van der Waals surface area (Å²) in [4.78, 5) is 12.4. The van der Waals surface area contributed by atoms with Crippen molar-refractivity contribution >= 4 is 17.8 Å². The van der Waals surface area contributed by atoms with Crippen molar-refractivity contribution < 1.29 is 9.53 Å². The number of allylic oxidation sites excluding steroid dienone is 1. The number of rotatable bonds is 5. The van der Waals surface area contributed by atoms with E-state index in [1.165, 1.54) is 11.1 Å². The van der Waals surface area contributed by atoms with Crippen molar-refractivity contribution in [1.82, 2.24) is 10.2 Å². The lowest BCUT2D eigenvalue weighted by molar-refractivity contribution is -0.122. The Morgan fingerprint density at radius 2 is 1.83 bits per heavy atom. The second-order valence-electron chi connectivity index (χ2n) is 8.16. The van der Waals surface area contributed by atoms with Crippen LogP contribution >= 0.6 is 0 Å². The summed E-state index contributed by atoms with van der Waals surface area (Å²) in [5.41, 5.74) is 4.09. The average molecular weight is 399 g/mol. The van der Waals surface area contributed by atoms with E-state index in [1.54, 1.807) is 7.11 Å². The molecular formula is C25H25N3O2. The number of benzene rings is 2. The molecule has 1 fully saturated rings. The summed E-state index contributed by atoms with van der Waals surface area (Å²) in [5, 5.41) is 10.6. The fourth-order valence-electron chi connectivity index (χ4n) is 4.44. The maximum absolute atomic E-state index is 12.4. The number of aromatic nitrogens is 2. The van der Waals surface area contributed by atoms with Crippen LogP contribution in [0.5, 0.6) is 5.75 Å². The van der Waals surface area contributed by atoms with Gasteiger partial charge in [-0.15, -0.1) is 0 Å². The van der Waals surface area contributed by atoms with Crippen molar-refractivity contribution in [2.45, 2.75) is 31.1 Å². The molecule has 1 aromatic heterocycles. The average Bonchev–Trinajstić information content (AvgIpc) is 3.14. The minimum atomic E-state index is -0.317. The van der Waals surface area contributed by atoms with Crippen molar-refractivity contribution in [3.05, 3.63) is 83.1 Å². The topological polar surface area (TPSA) is 67.0 Å². The summed E-state index contributed by atoms with van der Waals surface area (Å²) in [6, 6.07) is 18.7. The molecule has 1 amide bonds. The molecule has 1 unspecified atom stereocenters. The molecule has 2 N–H and O–H groups in total. The van der Waals surface area contributed by atoms with Crippen LogP contribution in [0.25, 0.3) is 6.08 Å². The first-order chi connectivity index (χ1) is 14.7. The van der Waals surface area contributed by atoms with E-state index in [0.29, 0.717) is 5.82 Å². The summed E-state index contributed by atoms with van der Waals surface area (Å²) in [6.07, 6.45) is 8.16. The van der Waals surface area contributed by atoms with Crippen LogP contribution in [0.1, 0.15) is 41.6 Å². The van der Waals surface area contributed by atoms with Crippen LogP contribution in [0.3, 0.4) is 0 Å². The highest BCUT2D eigenvalue weighted by Gasteiger charge is 2.37. The summed E-state index contributed by atoms with van der Waals surface area (Å²) in [6.45, 7) is 0. The van der Waals surface area contributed by atoms with Crippen LogP contribution < -0.4 is 10.1 Å². The smallest absolute Gasteiger partial charge is 0.228 e. The van der Waals surface area contributed by atoms with Crippen LogP contribution in [-0.4, -0.2) is 23.2 Å². The highest BCUT2D eigenvalue weighted by Crippen LogP contribution is 2.43. The number of hydrogen-bond acceptors (Lipinski definition) is 3. The summed E-state index contributed by atoms with van der Waals surface area (Å²) in [7, 11) is 1.68. The van der Waals surface area contributed by atoms with Gasteiger partial charge in [0, 0.05) is 29.0 Å². The Balaban J connectivity index is 1.52. The predicted octanol–water partition coefficient (Wildman–Crippen LogP) is 4.71. The summed E-state index contributed by atoms with van der Waals surface area (Å²) in [5.74, 6) is 1.69. The third-order valence-electron chi connectivity index (χ3n) is 6.48. The Kier molecular flexibility index (Phi) is 4.66. The Bertz CT molecular complexity index is 1080. The summed E-state index contributed by atoms with van der Waals surface area (Å²) < 4.78 is 5.35. The predicted molar refractivity (Wildman–Crippen MR) is 118 cm³/mol. The van der Waals surface area contributed by atoms with E-state index in [9.17, 15) is 4.79 Å². The van der Waals surface area contributed by atoms with Gasteiger partial charge in [0.25, 0.3) is 0 Å². The van der Waals surface area contributed by atoms with E-state index in [4.69, 9.17) is 4.74 Å². The largest absolute Gasteiger partial charge is 0.497 e. The second kappa shape index (κ2) is 7.48. The number of aromatic amines is 1. The standard InChI is InChI=1S/C25H25N3O2/c1-30-20-12-10-19(11-13-20)25(18-8-3-2-4-9-18)15-14-21-22(16-25)27-28-23(21)26-24(29)17-6-5-7-17/h2-4,8-15,17H,5-7,16H2,1H3,(H2,26,27,28,29). The van der Waals surface area contributed by atoms with Crippen LogP contribution in [0.2, 0.25) is 0 Å². The second-order valence-corrected chi connectivity index (χ2v) is 8.16. The van der Waals surface area contributed by atoms with Crippen molar-refractivity contribution in [1.29, 1.82) is 0 Å². The molecule has 2 aliphatic rings. The van der Waals surface area contributed by atoms with E-state index in [2.05, 4.69) is 64.1 Å².